The van der Waals surface area contributed by atoms with Gasteiger partial charge in [-0.05, 0) is 35.6 Å². The number of rotatable bonds is 6. The molecule has 1 rings (SSSR count). The fourth-order valence-corrected chi connectivity index (χ4v) is 3.67. The molecule has 0 aliphatic rings. The van der Waals surface area contributed by atoms with Crippen LogP contribution >= 0.6 is 0 Å². The van der Waals surface area contributed by atoms with Gasteiger partial charge in [0.25, 0.3) is 0 Å². The monoisotopic (exact) mass is 295 g/mol. The van der Waals surface area contributed by atoms with E-state index < -0.39 is 10.8 Å². The number of hydrogen-bond donors (Lipinski definition) is 1. The summed E-state index contributed by atoms with van der Waals surface area (Å²) in [5.74, 6) is 1.18. The van der Waals surface area contributed by atoms with Crippen LogP contribution in [0.4, 0.5) is 0 Å². The third-order valence-electron chi connectivity index (χ3n) is 3.62. The van der Waals surface area contributed by atoms with Crippen molar-refractivity contribution < 1.29 is 4.21 Å². The Labute approximate surface area is 126 Å². The van der Waals surface area contributed by atoms with Gasteiger partial charge in [-0.3, -0.25) is 4.21 Å². The van der Waals surface area contributed by atoms with Gasteiger partial charge in [0.1, 0.15) is 0 Å². The second kappa shape index (κ2) is 7.37. The minimum atomic E-state index is -0.945. The number of nitrogens with one attached hydrogen (secondary N) is 1. The minimum absolute atomic E-state index is 0.115. The van der Waals surface area contributed by atoms with Crippen LogP contribution in [0.15, 0.2) is 29.2 Å². The molecule has 0 saturated heterocycles. The smallest absolute Gasteiger partial charge is 0.0545 e. The average Bonchev–Trinajstić information content (AvgIpc) is 2.37. The molecule has 3 heteroatoms. The predicted octanol–water partition coefficient (Wildman–Crippen LogP) is 3.94. The fraction of sp³-hybridized carbons (Fsp3) is 0.647. The molecule has 1 N–H and O–H groups in total. The van der Waals surface area contributed by atoms with Gasteiger partial charge in [-0.15, -0.1) is 0 Å². The van der Waals surface area contributed by atoms with Crippen molar-refractivity contribution in [3.63, 3.8) is 0 Å². The molecule has 1 aromatic carbocycles. The molecule has 0 heterocycles. The number of benzene rings is 1. The van der Waals surface area contributed by atoms with Crippen molar-refractivity contribution in [2.75, 3.05) is 12.3 Å². The van der Waals surface area contributed by atoms with Gasteiger partial charge in [-0.1, -0.05) is 53.7 Å². The molecule has 0 aromatic heterocycles. The highest BCUT2D eigenvalue weighted by Crippen LogP contribution is 2.22. The summed E-state index contributed by atoms with van der Waals surface area (Å²) in [6.45, 7) is 13.9. The molecule has 0 aliphatic carbocycles. The largest absolute Gasteiger partial charge is 0.313 e. The molecular weight excluding hydrogens is 266 g/mol. The van der Waals surface area contributed by atoms with E-state index >= 15 is 0 Å². The SMILES string of the molecule is CCNC(CS(=O)c1ccc(C(C)C)cc1)C(C)(C)C. The molecule has 20 heavy (non-hydrogen) atoms. The first-order valence-electron chi connectivity index (χ1n) is 7.47. The molecular formula is C17H29NOS. The Hall–Kier alpha value is -0.670. The van der Waals surface area contributed by atoms with Crippen molar-refractivity contribution in [1.29, 1.82) is 0 Å². The van der Waals surface area contributed by atoms with E-state index in [0.29, 0.717) is 11.7 Å². The Bertz CT molecular complexity index is 431. The van der Waals surface area contributed by atoms with E-state index in [4.69, 9.17) is 0 Å². The van der Waals surface area contributed by atoms with Crippen LogP contribution < -0.4 is 5.32 Å². The van der Waals surface area contributed by atoms with Gasteiger partial charge < -0.3 is 5.32 Å². The van der Waals surface area contributed by atoms with E-state index in [1.54, 1.807) is 0 Å². The average molecular weight is 295 g/mol. The summed E-state index contributed by atoms with van der Waals surface area (Å²) in [7, 11) is -0.945. The van der Waals surface area contributed by atoms with Crippen LogP contribution in [0.1, 0.15) is 53.0 Å². The summed E-state index contributed by atoms with van der Waals surface area (Å²) in [6, 6.07) is 8.47. The zero-order chi connectivity index (χ0) is 15.3. The molecule has 114 valence electrons. The zero-order valence-electron chi connectivity index (χ0n) is 13.7. The van der Waals surface area contributed by atoms with Crippen molar-refractivity contribution >= 4 is 10.8 Å². The van der Waals surface area contributed by atoms with Crippen molar-refractivity contribution in [1.82, 2.24) is 5.32 Å². The molecule has 2 unspecified atom stereocenters. The second-order valence-electron chi connectivity index (χ2n) is 6.71. The maximum Gasteiger partial charge on any atom is 0.0545 e. The van der Waals surface area contributed by atoms with Gasteiger partial charge in [0, 0.05) is 16.7 Å². The van der Waals surface area contributed by atoms with E-state index in [0.717, 1.165) is 11.4 Å². The lowest BCUT2D eigenvalue weighted by molar-refractivity contribution is 0.294. The van der Waals surface area contributed by atoms with Crippen LogP contribution in [0.5, 0.6) is 0 Å². The first-order chi connectivity index (χ1) is 9.25. The van der Waals surface area contributed by atoms with Gasteiger partial charge in [0.2, 0.25) is 0 Å². The summed E-state index contributed by atoms with van der Waals surface area (Å²) < 4.78 is 12.5. The van der Waals surface area contributed by atoms with Gasteiger partial charge in [0.05, 0.1) is 10.8 Å². The first kappa shape index (κ1) is 17.4. The van der Waals surface area contributed by atoms with E-state index in [2.05, 4.69) is 59.0 Å². The highest BCUT2D eigenvalue weighted by Gasteiger charge is 2.26. The Morgan fingerprint density at radius 1 is 1.15 bits per heavy atom. The van der Waals surface area contributed by atoms with E-state index in [9.17, 15) is 4.21 Å². The third-order valence-corrected chi connectivity index (χ3v) is 5.06. The fourth-order valence-electron chi connectivity index (χ4n) is 2.11. The van der Waals surface area contributed by atoms with E-state index in [-0.39, 0.29) is 11.5 Å². The minimum Gasteiger partial charge on any atom is -0.313 e. The topological polar surface area (TPSA) is 29.1 Å². The summed E-state index contributed by atoms with van der Waals surface area (Å²) in [5, 5.41) is 3.46. The van der Waals surface area contributed by atoms with E-state index in [1.165, 1.54) is 5.56 Å². The van der Waals surface area contributed by atoms with Crippen LogP contribution in [0.25, 0.3) is 0 Å². The van der Waals surface area contributed by atoms with Gasteiger partial charge in [-0.25, -0.2) is 0 Å². The molecule has 0 spiro atoms. The second-order valence-corrected chi connectivity index (χ2v) is 8.21. The standard InChI is InChI=1S/C17H29NOS/c1-7-18-16(17(4,5)6)12-20(19)15-10-8-14(9-11-15)13(2)3/h8-11,13,16,18H,7,12H2,1-6H3. The normalized spacial score (nSPS) is 15.3. The summed E-state index contributed by atoms with van der Waals surface area (Å²) in [5.41, 5.74) is 1.41. The maximum atomic E-state index is 12.5. The molecule has 0 amide bonds. The molecule has 2 atom stereocenters. The molecule has 0 radical (unpaired) electrons. The zero-order valence-corrected chi connectivity index (χ0v) is 14.5. The lowest BCUT2D eigenvalue weighted by Gasteiger charge is -2.31. The molecule has 0 aliphatic heterocycles. The predicted molar refractivity (Wildman–Crippen MR) is 88.7 cm³/mol. The van der Waals surface area contributed by atoms with Crippen LogP contribution in [0, 0.1) is 5.41 Å². The van der Waals surface area contributed by atoms with Gasteiger partial charge >= 0.3 is 0 Å². The molecule has 2 nitrogen and oxygen atoms in total. The Kier molecular flexibility index (Phi) is 6.41. The lowest BCUT2D eigenvalue weighted by Crippen LogP contribution is -2.44. The first-order valence-corrected chi connectivity index (χ1v) is 8.79. The third kappa shape index (κ3) is 5.02. The van der Waals surface area contributed by atoms with Gasteiger partial charge in [0.15, 0.2) is 0 Å². The Morgan fingerprint density at radius 2 is 1.70 bits per heavy atom. The van der Waals surface area contributed by atoms with Gasteiger partial charge in [-0.2, -0.15) is 0 Å². The lowest BCUT2D eigenvalue weighted by atomic mass is 9.88. The van der Waals surface area contributed by atoms with Crippen LogP contribution in [-0.4, -0.2) is 22.5 Å². The van der Waals surface area contributed by atoms with Crippen LogP contribution in [-0.2, 0) is 10.8 Å². The highest BCUT2D eigenvalue weighted by molar-refractivity contribution is 7.85. The summed E-state index contributed by atoms with van der Waals surface area (Å²) in [6.07, 6.45) is 0. The van der Waals surface area contributed by atoms with Crippen molar-refractivity contribution in [3.05, 3.63) is 29.8 Å². The Balaban J connectivity index is 2.78. The summed E-state index contributed by atoms with van der Waals surface area (Å²) in [4.78, 5) is 0.932. The Morgan fingerprint density at radius 3 is 2.10 bits per heavy atom. The van der Waals surface area contributed by atoms with Crippen molar-refractivity contribution in [2.45, 2.75) is 58.4 Å². The van der Waals surface area contributed by atoms with Crippen LogP contribution in [0.3, 0.4) is 0 Å². The molecule has 1 aromatic rings. The van der Waals surface area contributed by atoms with E-state index in [1.807, 2.05) is 12.1 Å². The highest BCUT2D eigenvalue weighted by atomic mass is 32.2. The van der Waals surface area contributed by atoms with Crippen molar-refractivity contribution in [2.24, 2.45) is 5.41 Å². The molecule has 0 saturated carbocycles. The van der Waals surface area contributed by atoms with Crippen molar-refractivity contribution in [3.8, 4) is 0 Å². The number of hydrogen-bond acceptors (Lipinski definition) is 2. The quantitative estimate of drug-likeness (QED) is 0.861. The molecule has 0 fully saturated rings. The maximum absolute atomic E-state index is 12.5. The van der Waals surface area contributed by atoms with Crippen LogP contribution in [0.2, 0.25) is 0 Å². The summed E-state index contributed by atoms with van der Waals surface area (Å²) >= 11 is 0. The molecule has 0 bridgehead atoms.